The van der Waals surface area contributed by atoms with Crippen molar-refractivity contribution >= 4 is 0 Å². The summed E-state index contributed by atoms with van der Waals surface area (Å²) in [5, 5.41) is 10.4. The summed E-state index contributed by atoms with van der Waals surface area (Å²) in [6, 6.07) is 0. The van der Waals surface area contributed by atoms with Gasteiger partial charge in [0.25, 0.3) is 0 Å². The predicted molar refractivity (Wildman–Crippen MR) is 27.7 cm³/mol. The van der Waals surface area contributed by atoms with Crippen LogP contribution in [0, 0.1) is 5.21 Å². The highest BCUT2D eigenvalue weighted by atomic mass is 16.9. The molecule has 0 aromatic heterocycles. The molecule has 0 unspecified atom stereocenters. The van der Waals surface area contributed by atoms with E-state index in [2.05, 4.69) is 4.84 Å². The van der Waals surface area contributed by atoms with Crippen LogP contribution in [0.1, 0.15) is 0 Å². The zero-order chi connectivity index (χ0) is 5.98. The van der Waals surface area contributed by atoms with Gasteiger partial charge in [0.2, 0.25) is 0 Å². The Morgan fingerprint density at radius 2 is 2.50 bits per heavy atom. The monoisotopic (exact) mass is 113 g/mol. The maximum absolute atomic E-state index is 10.1. The molecule has 0 aromatic carbocycles. The molecule has 0 radical (unpaired) electrons. The minimum atomic E-state index is 0.316. The minimum absolute atomic E-state index is 0.316. The molecule has 0 fully saturated rings. The van der Waals surface area contributed by atoms with Crippen molar-refractivity contribution in [3.63, 3.8) is 0 Å². The van der Waals surface area contributed by atoms with E-state index in [1.807, 2.05) is 0 Å². The van der Waals surface area contributed by atoms with E-state index in [-0.39, 0.29) is 0 Å². The van der Waals surface area contributed by atoms with Crippen molar-refractivity contribution in [3.8, 4) is 0 Å². The van der Waals surface area contributed by atoms with E-state index in [1.54, 1.807) is 0 Å². The smallest absolute Gasteiger partial charge is 0.141 e. The molecule has 1 heterocycles. The van der Waals surface area contributed by atoms with E-state index in [0.29, 0.717) is 10.9 Å². The fourth-order valence-electron chi connectivity index (χ4n) is 0.334. The second kappa shape index (κ2) is 1.75. The Labute approximate surface area is 46.4 Å². The lowest BCUT2D eigenvalue weighted by Gasteiger charge is -2.25. The maximum atomic E-state index is 10.1. The molecule has 0 spiro atoms. The number of hydrogen-bond donors (Lipinski definition) is 1. The highest BCUT2D eigenvalue weighted by molar-refractivity contribution is 5.13. The molecule has 0 atom stereocenters. The predicted octanol–water partition coefficient (Wildman–Crippen LogP) is 0.0452. The summed E-state index contributed by atoms with van der Waals surface area (Å²) in [6.07, 6.45) is 3.82. The molecule has 0 aliphatic carbocycles. The Morgan fingerprint density at radius 1 is 1.75 bits per heavy atom. The normalized spacial score (nSPS) is 17.6. The average molecular weight is 113 g/mol. The van der Waals surface area contributed by atoms with Crippen molar-refractivity contribution in [3.05, 3.63) is 29.4 Å². The van der Waals surface area contributed by atoms with Crippen molar-refractivity contribution in [1.82, 2.24) is 5.23 Å². The Hall–Kier alpha value is -1.16. The second-order valence-corrected chi connectivity index (χ2v) is 1.32. The first-order valence-electron chi connectivity index (χ1n) is 2.06. The first-order chi connectivity index (χ1) is 3.79. The van der Waals surface area contributed by atoms with Crippen LogP contribution >= 0.6 is 0 Å². The van der Waals surface area contributed by atoms with Crippen molar-refractivity contribution in [2.24, 2.45) is 5.73 Å². The van der Waals surface area contributed by atoms with Gasteiger partial charge in [-0.2, -0.15) is 0 Å². The lowest BCUT2D eigenvalue weighted by Crippen LogP contribution is -2.11. The van der Waals surface area contributed by atoms with E-state index >= 15 is 0 Å². The molecular formula is C4H5N2O2-. The summed E-state index contributed by atoms with van der Waals surface area (Å²) in [7, 11) is 0. The number of hydroxylamine groups is 2. The molecule has 4 nitrogen and oxygen atoms in total. The number of rotatable bonds is 0. The standard InChI is InChI=1S/C4H5N2O2/c5-4-1-2-6(7)8-3-4/h1-3H,5H2/q-1. The van der Waals surface area contributed by atoms with Crippen molar-refractivity contribution < 1.29 is 4.84 Å². The lowest BCUT2D eigenvalue weighted by atomic mass is 10.5. The van der Waals surface area contributed by atoms with Gasteiger partial charge in [0, 0.05) is 6.20 Å². The largest absolute Gasteiger partial charge is 0.724 e. The summed E-state index contributed by atoms with van der Waals surface area (Å²) >= 11 is 0. The molecule has 1 rings (SSSR count). The fourth-order valence-corrected chi connectivity index (χ4v) is 0.334. The van der Waals surface area contributed by atoms with Crippen LogP contribution in [0.4, 0.5) is 0 Å². The summed E-state index contributed by atoms with van der Waals surface area (Å²) in [5.74, 6) is 0. The molecule has 1 aliphatic rings. The molecule has 2 N–H and O–H groups in total. The van der Waals surface area contributed by atoms with E-state index in [4.69, 9.17) is 5.73 Å². The van der Waals surface area contributed by atoms with E-state index in [1.165, 1.54) is 18.5 Å². The van der Waals surface area contributed by atoms with Gasteiger partial charge in [-0.25, -0.2) is 0 Å². The van der Waals surface area contributed by atoms with Crippen LogP contribution in [0.15, 0.2) is 24.2 Å². The summed E-state index contributed by atoms with van der Waals surface area (Å²) in [6.45, 7) is 0. The van der Waals surface area contributed by atoms with Crippen molar-refractivity contribution in [2.75, 3.05) is 0 Å². The van der Waals surface area contributed by atoms with Crippen LogP contribution in [0.5, 0.6) is 0 Å². The molecule has 4 heteroatoms. The van der Waals surface area contributed by atoms with Gasteiger partial charge in [0.1, 0.15) is 6.26 Å². The minimum Gasteiger partial charge on any atom is -0.724 e. The van der Waals surface area contributed by atoms with E-state index < -0.39 is 0 Å². The van der Waals surface area contributed by atoms with Gasteiger partial charge in [0.15, 0.2) is 0 Å². The first-order valence-corrected chi connectivity index (χ1v) is 2.06. The van der Waals surface area contributed by atoms with Crippen molar-refractivity contribution in [2.45, 2.75) is 0 Å². The lowest BCUT2D eigenvalue weighted by molar-refractivity contribution is -0.0134. The Bertz CT molecular complexity index is 141. The molecule has 1 aliphatic heterocycles. The molecule has 0 bridgehead atoms. The van der Waals surface area contributed by atoms with E-state index in [9.17, 15) is 5.21 Å². The van der Waals surface area contributed by atoms with Gasteiger partial charge >= 0.3 is 0 Å². The van der Waals surface area contributed by atoms with E-state index in [0.717, 1.165) is 0 Å². The quantitative estimate of drug-likeness (QED) is 0.482. The Balaban J connectivity index is 2.58. The summed E-state index contributed by atoms with van der Waals surface area (Å²) in [5.41, 5.74) is 5.62. The number of nitrogens with two attached hydrogens (primary N) is 1. The summed E-state index contributed by atoms with van der Waals surface area (Å²) < 4.78 is 0. The first kappa shape index (κ1) is 4.99. The van der Waals surface area contributed by atoms with Crippen LogP contribution in [-0.4, -0.2) is 5.23 Å². The molecule has 0 amide bonds. The van der Waals surface area contributed by atoms with Gasteiger partial charge in [-0.1, -0.05) is 0 Å². The van der Waals surface area contributed by atoms with Gasteiger partial charge < -0.3 is 15.8 Å². The molecular weight excluding hydrogens is 108 g/mol. The third-order valence-corrected chi connectivity index (χ3v) is 0.681. The van der Waals surface area contributed by atoms with Crippen LogP contribution < -0.4 is 5.73 Å². The molecule has 44 valence electrons. The van der Waals surface area contributed by atoms with Gasteiger partial charge in [-0.3, -0.25) is 5.23 Å². The third kappa shape index (κ3) is 0.913. The number of allylic oxidation sites excluding steroid dienone is 1. The van der Waals surface area contributed by atoms with Crippen molar-refractivity contribution in [1.29, 1.82) is 0 Å². The highest BCUT2D eigenvalue weighted by Gasteiger charge is 1.89. The topological polar surface area (TPSA) is 61.5 Å². The zero-order valence-electron chi connectivity index (χ0n) is 4.07. The SMILES string of the molecule is NC1=CON([O-])C=C1. The maximum Gasteiger partial charge on any atom is 0.141 e. The van der Waals surface area contributed by atoms with Gasteiger partial charge in [-0.15, -0.1) is 0 Å². The number of nitrogens with zero attached hydrogens (tertiary/aromatic N) is 1. The molecule has 0 saturated heterocycles. The van der Waals surface area contributed by atoms with Crippen LogP contribution in [0.3, 0.4) is 0 Å². The molecule has 0 aromatic rings. The second-order valence-electron chi connectivity index (χ2n) is 1.32. The molecule has 0 saturated carbocycles. The third-order valence-electron chi connectivity index (χ3n) is 0.681. The van der Waals surface area contributed by atoms with Gasteiger partial charge in [-0.05, 0) is 6.08 Å². The number of hydrogen-bond acceptors (Lipinski definition) is 4. The Kier molecular flexibility index (Phi) is 1.09. The van der Waals surface area contributed by atoms with Crippen LogP contribution in [-0.2, 0) is 4.84 Å². The van der Waals surface area contributed by atoms with Gasteiger partial charge in [0.05, 0.1) is 5.70 Å². The van der Waals surface area contributed by atoms with Crippen LogP contribution in [0.2, 0.25) is 0 Å². The Morgan fingerprint density at radius 3 is 2.88 bits per heavy atom. The molecule has 8 heavy (non-hydrogen) atoms. The average Bonchev–Trinajstić information content (AvgIpc) is 1.77. The fraction of sp³-hybridized carbons (Fsp3) is 0. The summed E-state index contributed by atoms with van der Waals surface area (Å²) in [4.78, 5) is 4.29. The highest BCUT2D eigenvalue weighted by Crippen LogP contribution is 2.00. The zero-order valence-corrected chi connectivity index (χ0v) is 4.07. The van der Waals surface area contributed by atoms with Crippen LogP contribution in [0.25, 0.3) is 0 Å².